The molecule has 1 aromatic heterocycles. The van der Waals surface area contributed by atoms with Crippen molar-refractivity contribution in [2.24, 2.45) is 0 Å². The van der Waals surface area contributed by atoms with Gasteiger partial charge in [0.1, 0.15) is 0 Å². The van der Waals surface area contributed by atoms with Gasteiger partial charge in [-0.1, -0.05) is 25.1 Å². The normalized spacial score (nSPS) is 10.5. The molecule has 0 atom stereocenters. The first-order chi connectivity index (χ1) is 8.31. The number of aliphatic hydroxyl groups is 1. The molecule has 90 valence electrons. The number of aryl methyl sites for hydroxylation is 1. The lowest BCUT2D eigenvalue weighted by Crippen LogP contribution is -2.00. The first-order valence-corrected chi connectivity index (χ1v) is 5.62. The Balaban J connectivity index is 2.58. The average molecular weight is 232 g/mol. The van der Waals surface area contributed by atoms with E-state index in [1.807, 2.05) is 37.3 Å². The lowest BCUT2D eigenvalue weighted by molar-refractivity contribution is 0.271. The van der Waals surface area contributed by atoms with Crippen LogP contribution in [0.3, 0.4) is 0 Å². The minimum absolute atomic E-state index is 0.0564. The SMILES string of the molecule is CCc1nn(-c2ccccc2)c(OC)c1CO. The van der Waals surface area contributed by atoms with Gasteiger partial charge in [-0.15, -0.1) is 0 Å². The summed E-state index contributed by atoms with van der Waals surface area (Å²) in [5.41, 5.74) is 2.56. The first kappa shape index (κ1) is 11.7. The predicted molar refractivity (Wildman–Crippen MR) is 65.4 cm³/mol. The van der Waals surface area contributed by atoms with E-state index in [1.165, 1.54) is 0 Å². The van der Waals surface area contributed by atoms with E-state index in [-0.39, 0.29) is 6.61 Å². The molecule has 0 amide bonds. The number of nitrogens with zero attached hydrogens (tertiary/aromatic N) is 2. The van der Waals surface area contributed by atoms with Gasteiger partial charge in [0, 0.05) is 0 Å². The summed E-state index contributed by atoms with van der Waals surface area (Å²) in [6.07, 6.45) is 0.770. The van der Waals surface area contributed by atoms with E-state index in [1.54, 1.807) is 11.8 Å². The van der Waals surface area contributed by atoms with Crippen LogP contribution in [0, 0.1) is 0 Å². The summed E-state index contributed by atoms with van der Waals surface area (Å²) in [5, 5.41) is 13.9. The molecule has 2 rings (SSSR count). The monoisotopic (exact) mass is 232 g/mol. The molecule has 0 radical (unpaired) electrons. The lowest BCUT2D eigenvalue weighted by atomic mass is 10.2. The molecule has 1 heterocycles. The fourth-order valence-corrected chi connectivity index (χ4v) is 1.87. The van der Waals surface area contributed by atoms with Gasteiger partial charge < -0.3 is 9.84 Å². The van der Waals surface area contributed by atoms with Crippen molar-refractivity contribution >= 4 is 0 Å². The maximum absolute atomic E-state index is 9.39. The van der Waals surface area contributed by atoms with Crippen LogP contribution in [-0.2, 0) is 13.0 Å². The van der Waals surface area contributed by atoms with Crippen LogP contribution in [0.4, 0.5) is 0 Å². The minimum Gasteiger partial charge on any atom is -0.481 e. The largest absolute Gasteiger partial charge is 0.481 e. The zero-order chi connectivity index (χ0) is 12.3. The van der Waals surface area contributed by atoms with Crippen LogP contribution < -0.4 is 4.74 Å². The number of methoxy groups -OCH3 is 1. The van der Waals surface area contributed by atoms with Gasteiger partial charge in [0.15, 0.2) is 0 Å². The quantitative estimate of drug-likeness (QED) is 0.876. The topological polar surface area (TPSA) is 47.3 Å². The third-order valence-corrected chi connectivity index (χ3v) is 2.71. The highest BCUT2D eigenvalue weighted by Crippen LogP contribution is 2.26. The zero-order valence-electron chi connectivity index (χ0n) is 10.1. The van der Waals surface area contributed by atoms with Gasteiger partial charge in [0.25, 0.3) is 0 Å². The second kappa shape index (κ2) is 5.01. The number of aromatic nitrogens is 2. The molecular formula is C13H16N2O2. The number of rotatable bonds is 4. The summed E-state index contributed by atoms with van der Waals surface area (Å²) in [7, 11) is 1.59. The first-order valence-electron chi connectivity index (χ1n) is 5.62. The Hall–Kier alpha value is -1.81. The highest BCUT2D eigenvalue weighted by Gasteiger charge is 2.17. The highest BCUT2D eigenvalue weighted by molar-refractivity contribution is 5.41. The molecule has 0 aliphatic carbocycles. The van der Waals surface area contributed by atoms with Crippen molar-refractivity contribution in [3.8, 4) is 11.6 Å². The van der Waals surface area contributed by atoms with Gasteiger partial charge in [-0.25, -0.2) is 4.68 Å². The van der Waals surface area contributed by atoms with Gasteiger partial charge >= 0.3 is 0 Å². The summed E-state index contributed by atoms with van der Waals surface area (Å²) in [5.74, 6) is 0.607. The molecule has 2 aromatic rings. The van der Waals surface area contributed by atoms with Crippen molar-refractivity contribution in [2.75, 3.05) is 7.11 Å². The van der Waals surface area contributed by atoms with E-state index in [0.29, 0.717) is 5.88 Å². The summed E-state index contributed by atoms with van der Waals surface area (Å²) in [6.45, 7) is 1.95. The Kier molecular flexibility index (Phi) is 3.44. The van der Waals surface area contributed by atoms with E-state index in [2.05, 4.69) is 5.10 Å². The molecule has 0 aliphatic heterocycles. The molecule has 1 aromatic carbocycles. The van der Waals surface area contributed by atoms with Crippen LogP contribution in [0.1, 0.15) is 18.2 Å². The van der Waals surface area contributed by atoms with Crippen molar-refractivity contribution in [2.45, 2.75) is 20.0 Å². The fraction of sp³-hybridized carbons (Fsp3) is 0.308. The van der Waals surface area contributed by atoms with Crippen molar-refractivity contribution in [3.63, 3.8) is 0 Å². The summed E-state index contributed by atoms with van der Waals surface area (Å²) in [6, 6.07) is 9.75. The van der Waals surface area contributed by atoms with E-state index in [9.17, 15) is 5.11 Å². The molecule has 0 bridgehead atoms. The molecule has 0 spiro atoms. The van der Waals surface area contributed by atoms with Crippen molar-refractivity contribution in [1.29, 1.82) is 0 Å². The third kappa shape index (κ3) is 2.03. The molecule has 4 nitrogen and oxygen atoms in total. The van der Waals surface area contributed by atoms with Crippen molar-refractivity contribution < 1.29 is 9.84 Å². The van der Waals surface area contributed by atoms with E-state index in [4.69, 9.17) is 4.74 Å². The molecule has 17 heavy (non-hydrogen) atoms. The van der Waals surface area contributed by atoms with Gasteiger partial charge in [0.2, 0.25) is 5.88 Å². The number of hydrogen-bond acceptors (Lipinski definition) is 3. The highest BCUT2D eigenvalue weighted by atomic mass is 16.5. The predicted octanol–water partition coefficient (Wildman–Crippen LogP) is 1.94. The van der Waals surface area contributed by atoms with Gasteiger partial charge in [-0.05, 0) is 18.6 Å². The molecule has 0 fully saturated rings. The molecule has 0 aliphatic rings. The Morgan fingerprint density at radius 2 is 2.00 bits per heavy atom. The van der Waals surface area contributed by atoms with Gasteiger partial charge in [-0.2, -0.15) is 5.10 Å². The summed E-state index contributed by atoms with van der Waals surface area (Å²) >= 11 is 0. The van der Waals surface area contributed by atoms with Crippen LogP contribution in [0.5, 0.6) is 5.88 Å². The average Bonchev–Trinajstić information content (AvgIpc) is 2.77. The Bertz CT molecular complexity index is 492. The number of para-hydroxylation sites is 1. The van der Waals surface area contributed by atoms with E-state index >= 15 is 0 Å². The second-order valence-corrected chi connectivity index (χ2v) is 3.69. The van der Waals surface area contributed by atoms with Crippen LogP contribution >= 0.6 is 0 Å². The van der Waals surface area contributed by atoms with E-state index < -0.39 is 0 Å². The molecular weight excluding hydrogens is 216 g/mol. The van der Waals surface area contributed by atoms with Gasteiger partial charge in [0.05, 0.1) is 30.7 Å². The fourth-order valence-electron chi connectivity index (χ4n) is 1.87. The van der Waals surface area contributed by atoms with Crippen LogP contribution in [0.25, 0.3) is 5.69 Å². The Morgan fingerprint density at radius 1 is 1.29 bits per heavy atom. The third-order valence-electron chi connectivity index (χ3n) is 2.71. The van der Waals surface area contributed by atoms with Crippen molar-refractivity contribution in [3.05, 3.63) is 41.6 Å². The molecule has 0 saturated heterocycles. The van der Waals surface area contributed by atoms with Crippen LogP contribution in [-0.4, -0.2) is 22.0 Å². The Morgan fingerprint density at radius 3 is 2.53 bits per heavy atom. The summed E-state index contributed by atoms with van der Waals surface area (Å²) < 4.78 is 7.07. The number of hydrogen-bond donors (Lipinski definition) is 1. The maximum Gasteiger partial charge on any atom is 0.222 e. The number of ether oxygens (including phenoxy) is 1. The number of aliphatic hydroxyl groups excluding tert-OH is 1. The molecule has 4 heteroatoms. The zero-order valence-corrected chi connectivity index (χ0v) is 10.1. The van der Waals surface area contributed by atoms with Crippen molar-refractivity contribution in [1.82, 2.24) is 9.78 Å². The summed E-state index contributed by atoms with van der Waals surface area (Å²) in [4.78, 5) is 0. The van der Waals surface area contributed by atoms with Crippen LogP contribution in [0.15, 0.2) is 30.3 Å². The van der Waals surface area contributed by atoms with E-state index in [0.717, 1.165) is 23.4 Å². The standard InChI is InChI=1S/C13H16N2O2/c1-3-12-11(9-16)13(17-2)15(14-12)10-7-5-4-6-8-10/h4-8,16H,3,9H2,1-2H3. The smallest absolute Gasteiger partial charge is 0.222 e. The number of benzene rings is 1. The molecule has 0 saturated carbocycles. The molecule has 0 unspecified atom stereocenters. The molecule has 1 N–H and O–H groups in total. The second-order valence-electron chi connectivity index (χ2n) is 3.69. The lowest BCUT2D eigenvalue weighted by Gasteiger charge is -2.06. The van der Waals surface area contributed by atoms with Crippen LogP contribution in [0.2, 0.25) is 0 Å². The maximum atomic E-state index is 9.39. The van der Waals surface area contributed by atoms with Gasteiger partial charge in [-0.3, -0.25) is 0 Å². The Labute approximate surface area is 100 Å². The minimum atomic E-state index is -0.0564.